The molecule has 0 saturated carbocycles. The number of fused-ring (bicyclic) bond motifs is 3. The second-order valence-electron chi connectivity index (χ2n) is 8.53. The van der Waals surface area contributed by atoms with Gasteiger partial charge in [0.25, 0.3) is 0 Å². The third kappa shape index (κ3) is 4.95. The molecule has 1 saturated heterocycles. The molecule has 2 aliphatic heterocycles. The topological polar surface area (TPSA) is 65.1 Å². The van der Waals surface area contributed by atoms with Gasteiger partial charge < -0.3 is 29.2 Å². The Balaban J connectivity index is 1.39. The van der Waals surface area contributed by atoms with E-state index in [0.717, 1.165) is 29.6 Å². The number of nitrogens with zero attached hydrogens (tertiary/aromatic N) is 2. The summed E-state index contributed by atoms with van der Waals surface area (Å²) in [4.78, 5) is 7.08. The third-order valence-electron chi connectivity index (χ3n) is 6.21. The van der Waals surface area contributed by atoms with Gasteiger partial charge >= 0.3 is 0 Å². The molecule has 0 unspecified atom stereocenters. The molecule has 2 aliphatic rings. The van der Waals surface area contributed by atoms with Crippen LogP contribution < -0.4 is 24.3 Å². The number of hydrogen-bond acceptors (Lipinski definition) is 7. The maximum absolute atomic E-state index is 6.34. The van der Waals surface area contributed by atoms with Crippen LogP contribution in [0, 0.1) is 0 Å². The first-order chi connectivity index (χ1) is 16.7. The quantitative estimate of drug-likeness (QED) is 0.409. The molecule has 34 heavy (non-hydrogen) atoms. The number of nitrogens with one attached hydrogen (secondary N) is 1. The molecular weight excluding hydrogens is 454 g/mol. The van der Waals surface area contributed by atoms with Gasteiger partial charge in [-0.2, -0.15) is 0 Å². The average Bonchev–Trinajstić information content (AvgIpc) is 2.87. The predicted octanol–water partition coefficient (Wildman–Crippen LogP) is 5.75. The van der Waals surface area contributed by atoms with Crippen LogP contribution in [-0.4, -0.2) is 56.4 Å². The minimum atomic E-state index is 0.456. The van der Waals surface area contributed by atoms with E-state index in [1.54, 1.807) is 12.3 Å². The molecule has 1 fully saturated rings. The molecule has 0 amide bonds. The number of aromatic nitrogens is 1. The zero-order valence-corrected chi connectivity index (χ0v) is 20.2. The highest BCUT2D eigenvalue weighted by atomic mass is 35.5. The van der Waals surface area contributed by atoms with Gasteiger partial charge in [-0.25, -0.2) is 0 Å². The van der Waals surface area contributed by atoms with Gasteiger partial charge in [0, 0.05) is 31.9 Å². The zero-order chi connectivity index (χ0) is 23.3. The van der Waals surface area contributed by atoms with Crippen molar-refractivity contribution in [3.8, 4) is 28.7 Å². The molecule has 1 N–H and O–H groups in total. The lowest BCUT2D eigenvalue weighted by atomic mass is 10.1. The monoisotopic (exact) mass is 483 g/mol. The summed E-state index contributed by atoms with van der Waals surface area (Å²) in [6, 6.07) is 9.26. The molecule has 5 rings (SSSR count). The van der Waals surface area contributed by atoms with Crippen LogP contribution in [0.4, 0.5) is 5.69 Å². The Labute approximate surface area is 204 Å². The first-order valence-electron chi connectivity index (χ1n) is 11.9. The summed E-state index contributed by atoms with van der Waals surface area (Å²) >= 11 is 6.34. The lowest BCUT2D eigenvalue weighted by molar-refractivity contribution is 0.161. The molecule has 180 valence electrons. The number of anilines is 1. The third-order valence-corrected chi connectivity index (χ3v) is 6.52. The van der Waals surface area contributed by atoms with Crippen molar-refractivity contribution >= 4 is 28.2 Å². The lowest BCUT2D eigenvalue weighted by Gasteiger charge is -2.26. The second-order valence-corrected chi connectivity index (χ2v) is 8.94. The number of halogens is 1. The van der Waals surface area contributed by atoms with Crippen LogP contribution in [0.15, 0.2) is 36.5 Å². The first kappa shape index (κ1) is 22.9. The Kier molecular flexibility index (Phi) is 7.11. The highest BCUT2D eigenvalue weighted by Gasteiger charge is 2.25. The number of benzene rings is 2. The summed E-state index contributed by atoms with van der Waals surface area (Å²) in [5.74, 6) is 3.12. The van der Waals surface area contributed by atoms with Crippen LogP contribution >= 0.6 is 11.6 Å². The molecular formula is C26H30ClN3O4. The fourth-order valence-corrected chi connectivity index (χ4v) is 4.77. The Morgan fingerprint density at radius 2 is 1.85 bits per heavy atom. The van der Waals surface area contributed by atoms with E-state index in [4.69, 9.17) is 30.5 Å². The Morgan fingerprint density at radius 3 is 2.65 bits per heavy atom. The van der Waals surface area contributed by atoms with E-state index in [-0.39, 0.29) is 0 Å². The molecule has 0 bridgehead atoms. The summed E-state index contributed by atoms with van der Waals surface area (Å²) in [6.07, 6.45) is 6.63. The summed E-state index contributed by atoms with van der Waals surface area (Å²) in [6.45, 7) is 4.98. The maximum atomic E-state index is 6.34. The maximum Gasteiger partial charge on any atom is 0.204 e. The van der Waals surface area contributed by atoms with Crippen molar-refractivity contribution in [1.29, 1.82) is 0 Å². The van der Waals surface area contributed by atoms with Crippen molar-refractivity contribution in [1.82, 2.24) is 9.88 Å². The molecule has 1 aromatic heterocycles. The number of likely N-dealkylation sites (tertiary alicyclic amines) is 1. The normalized spacial score (nSPS) is 15.8. The van der Waals surface area contributed by atoms with Gasteiger partial charge in [0.2, 0.25) is 5.75 Å². The van der Waals surface area contributed by atoms with Crippen LogP contribution in [0.5, 0.6) is 28.7 Å². The van der Waals surface area contributed by atoms with Gasteiger partial charge in [0.15, 0.2) is 11.5 Å². The molecule has 0 atom stereocenters. The van der Waals surface area contributed by atoms with Crippen molar-refractivity contribution in [2.24, 2.45) is 0 Å². The van der Waals surface area contributed by atoms with Gasteiger partial charge in [-0.05, 0) is 50.6 Å². The Bertz CT molecular complexity index is 1150. The van der Waals surface area contributed by atoms with Crippen LogP contribution in [-0.2, 0) is 0 Å². The number of ether oxygens (including phenoxy) is 4. The van der Waals surface area contributed by atoms with E-state index in [1.165, 1.54) is 32.4 Å². The fraction of sp³-hybridized carbons (Fsp3) is 0.423. The summed E-state index contributed by atoms with van der Waals surface area (Å²) in [7, 11) is 1.83. The molecule has 8 heteroatoms. The van der Waals surface area contributed by atoms with Crippen LogP contribution in [0.1, 0.15) is 25.7 Å². The second kappa shape index (κ2) is 10.6. The van der Waals surface area contributed by atoms with Crippen LogP contribution in [0.25, 0.3) is 10.9 Å². The number of hydrogen-bond donors (Lipinski definition) is 1. The first-order valence-corrected chi connectivity index (χ1v) is 12.3. The zero-order valence-electron chi connectivity index (χ0n) is 19.4. The van der Waals surface area contributed by atoms with Crippen LogP contribution in [0.3, 0.4) is 0 Å². The number of pyridine rings is 1. The summed E-state index contributed by atoms with van der Waals surface area (Å²) < 4.78 is 24.4. The molecule has 7 nitrogen and oxygen atoms in total. The molecule has 2 aromatic carbocycles. The van der Waals surface area contributed by atoms with E-state index >= 15 is 0 Å². The van der Waals surface area contributed by atoms with E-state index in [2.05, 4.69) is 15.2 Å². The minimum Gasteiger partial charge on any atom is -0.489 e. The van der Waals surface area contributed by atoms with Crippen molar-refractivity contribution in [3.63, 3.8) is 0 Å². The van der Waals surface area contributed by atoms with Crippen molar-refractivity contribution in [2.75, 3.05) is 51.8 Å². The molecule has 0 radical (unpaired) electrons. The fourth-order valence-electron chi connectivity index (χ4n) is 4.51. The van der Waals surface area contributed by atoms with E-state index < -0.39 is 0 Å². The van der Waals surface area contributed by atoms with Crippen molar-refractivity contribution in [3.05, 3.63) is 41.6 Å². The number of piperidine rings is 1. The average molecular weight is 484 g/mol. The molecule has 0 spiro atoms. The number of rotatable bonds is 8. The van der Waals surface area contributed by atoms with Gasteiger partial charge in [-0.3, -0.25) is 4.98 Å². The molecule has 3 aromatic rings. The molecule has 3 heterocycles. The minimum absolute atomic E-state index is 0.456. The summed E-state index contributed by atoms with van der Waals surface area (Å²) in [5, 5.41) is 4.39. The van der Waals surface area contributed by atoms with Gasteiger partial charge in [-0.1, -0.05) is 18.0 Å². The summed E-state index contributed by atoms with van der Waals surface area (Å²) in [5.41, 5.74) is 1.57. The Hall–Kier alpha value is -2.90. The lowest BCUT2D eigenvalue weighted by Crippen LogP contribution is -2.31. The van der Waals surface area contributed by atoms with Crippen molar-refractivity contribution < 1.29 is 18.9 Å². The highest BCUT2D eigenvalue weighted by Crippen LogP contribution is 2.48. The molecule has 0 aliphatic carbocycles. The SMILES string of the molecule is CNc1ccc(Oc2ccnc3cc(OCCCN4CCCCC4)c4c(c23)OCCO4)cc1Cl. The highest BCUT2D eigenvalue weighted by molar-refractivity contribution is 6.33. The van der Waals surface area contributed by atoms with Gasteiger partial charge in [-0.15, -0.1) is 0 Å². The standard InChI is InChI=1S/C26H30ClN3O4/c1-28-20-7-6-18(16-19(20)27)34-22-8-9-29-21-17-23(25-26(24(21)22)33-15-14-32-25)31-13-5-12-30-10-3-2-4-11-30/h6-9,16-17,28H,2-5,10-15H2,1H3. The van der Waals surface area contributed by atoms with Crippen molar-refractivity contribution in [2.45, 2.75) is 25.7 Å². The van der Waals surface area contributed by atoms with Gasteiger partial charge in [0.1, 0.15) is 24.7 Å². The van der Waals surface area contributed by atoms with E-state index in [0.29, 0.717) is 53.6 Å². The van der Waals surface area contributed by atoms with E-state index in [1.807, 2.05) is 31.3 Å². The van der Waals surface area contributed by atoms with Crippen LogP contribution in [0.2, 0.25) is 5.02 Å². The Morgan fingerprint density at radius 1 is 1.03 bits per heavy atom. The smallest absolute Gasteiger partial charge is 0.204 e. The predicted molar refractivity (Wildman–Crippen MR) is 134 cm³/mol. The van der Waals surface area contributed by atoms with Gasteiger partial charge in [0.05, 0.1) is 28.2 Å². The largest absolute Gasteiger partial charge is 0.489 e. The van der Waals surface area contributed by atoms with E-state index in [9.17, 15) is 0 Å².